The van der Waals surface area contributed by atoms with E-state index in [9.17, 15) is 4.79 Å². The number of carbonyl (C=O) groups excluding carboxylic acids is 1. The van der Waals surface area contributed by atoms with Crippen LogP contribution in [0, 0.1) is 5.41 Å². The summed E-state index contributed by atoms with van der Waals surface area (Å²) in [4.78, 5) is 18.2. The van der Waals surface area contributed by atoms with Crippen molar-refractivity contribution in [2.24, 2.45) is 5.41 Å². The fourth-order valence-electron chi connectivity index (χ4n) is 2.99. The van der Waals surface area contributed by atoms with E-state index in [-0.39, 0.29) is 6.03 Å². The van der Waals surface area contributed by atoms with Gasteiger partial charge in [0.2, 0.25) is 5.88 Å². The molecule has 0 bridgehead atoms. The third kappa shape index (κ3) is 2.09. The Labute approximate surface area is 122 Å². The molecule has 1 saturated heterocycles. The van der Waals surface area contributed by atoms with Gasteiger partial charge in [0.25, 0.3) is 0 Å². The quantitative estimate of drug-likeness (QED) is 0.922. The first kappa shape index (κ1) is 12.4. The normalized spacial score (nSPS) is 18.4. The second kappa shape index (κ2) is 4.35. The number of ether oxygens (including phenoxy) is 1. The van der Waals surface area contributed by atoms with Crippen LogP contribution in [0.2, 0.25) is 0 Å². The Morgan fingerprint density at radius 1 is 1.33 bits per heavy atom. The average molecular weight is 283 g/mol. The molecule has 1 N–H and O–H groups in total. The molecular formula is C16H17N3O2. The first-order valence-corrected chi connectivity index (χ1v) is 7.18. The summed E-state index contributed by atoms with van der Waals surface area (Å²) in [7, 11) is 1.61. The van der Waals surface area contributed by atoms with Crippen molar-refractivity contribution in [2.75, 3.05) is 25.5 Å². The topological polar surface area (TPSA) is 54.5 Å². The Balaban J connectivity index is 1.52. The number of amides is 2. The second-order valence-electron chi connectivity index (χ2n) is 6.04. The molecular weight excluding hydrogens is 266 g/mol. The van der Waals surface area contributed by atoms with Crippen LogP contribution in [0.15, 0.2) is 30.5 Å². The summed E-state index contributed by atoms with van der Waals surface area (Å²) in [6, 6.07) is 7.67. The largest absolute Gasteiger partial charge is 0.481 e. The number of hydrogen-bond donors (Lipinski definition) is 1. The zero-order chi connectivity index (χ0) is 14.4. The molecule has 1 aliphatic carbocycles. The molecule has 0 radical (unpaired) electrons. The number of benzene rings is 1. The lowest BCUT2D eigenvalue weighted by molar-refractivity contribution is 0.116. The Morgan fingerprint density at radius 3 is 2.86 bits per heavy atom. The van der Waals surface area contributed by atoms with Crippen molar-refractivity contribution in [3.8, 4) is 5.88 Å². The van der Waals surface area contributed by atoms with Crippen molar-refractivity contribution in [1.29, 1.82) is 0 Å². The first-order chi connectivity index (χ1) is 10.2. The summed E-state index contributed by atoms with van der Waals surface area (Å²) in [6.45, 7) is 1.81. The summed E-state index contributed by atoms with van der Waals surface area (Å²) in [5, 5.41) is 4.91. The number of likely N-dealkylation sites (tertiary alicyclic amines) is 1. The van der Waals surface area contributed by atoms with Crippen molar-refractivity contribution >= 4 is 22.5 Å². The minimum atomic E-state index is -0.00658. The second-order valence-corrected chi connectivity index (χ2v) is 6.04. The molecule has 2 fully saturated rings. The SMILES string of the molecule is COc1nccc2cc(NC(=O)N3CC4(CC4)C3)ccc12. The highest BCUT2D eigenvalue weighted by Crippen LogP contribution is 2.52. The van der Waals surface area contributed by atoms with Gasteiger partial charge in [-0.1, -0.05) is 0 Å². The van der Waals surface area contributed by atoms with Crippen molar-refractivity contribution < 1.29 is 9.53 Å². The maximum atomic E-state index is 12.1. The van der Waals surface area contributed by atoms with E-state index in [4.69, 9.17) is 4.74 Å². The number of urea groups is 1. The van der Waals surface area contributed by atoms with E-state index < -0.39 is 0 Å². The van der Waals surface area contributed by atoms with Crippen molar-refractivity contribution in [3.05, 3.63) is 30.5 Å². The van der Waals surface area contributed by atoms with E-state index in [1.54, 1.807) is 13.3 Å². The number of rotatable bonds is 2. The maximum absolute atomic E-state index is 12.1. The van der Waals surface area contributed by atoms with E-state index in [1.807, 2.05) is 29.2 Å². The number of nitrogens with zero attached hydrogens (tertiary/aromatic N) is 2. The average Bonchev–Trinajstić information content (AvgIpc) is 3.25. The molecule has 4 rings (SSSR count). The van der Waals surface area contributed by atoms with Crippen LogP contribution < -0.4 is 10.1 Å². The van der Waals surface area contributed by atoms with Crippen LogP contribution >= 0.6 is 0 Å². The number of carbonyl (C=O) groups is 1. The molecule has 1 aromatic heterocycles. The molecule has 2 amide bonds. The van der Waals surface area contributed by atoms with Gasteiger partial charge in [-0.3, -0.25) is 0 Å². The van der Waals surface area contributed by atoms with Crippen molar-refractivity contribution in [1.82, 2.24) is 9.88 Å². The van der Waals surface area contributed by atoms with Crippen LogP contribution in [0.1, 0.15) is 12.8 Å². The molecule has 21 heavy (non-hydrogen) atoms. The molecule has 108 valence electrons. The smallest absolute Gasteiger partial charge is 0.321 e. The van der Waals surface area contributed by atoms with Crippen LogP contribution in [0.5, 0.6) is 5.88 Å². The summed E-state index contributed by atoms with van der Waals surface area (Å²) in [6.07, 6.45) is 4.26. The summed E-state index contributed by atoms with van der Waals surface area (Å²) >= 11 is 0. The Hall–Kier alpha value is -2.30. The van der Waals surface area contributed by atoms with Gasteiger partial charge >= 0.3 is 6.03 Å². The lowest BCUT2D eigenvalue weighted by atomic mass is 9.98. The number of fused-ring (bicyclic) bond motifs is 1. The number of methoxy groups -OCH3 is 1. The summed E-state index contributed by atoms with van der Waals surface area (Å²) in [5.74, 6) is 0.601. The van der Waals surface area contributed by atoms with E-state index in [0.717, 1.165) is 29.5 Å². The molecule has 0 atom stereocenters. The molecule has 5 heteroatoms. The molecule has 0 unspecified atom stereocenters. The van der Waals surface area contributed by atoms with Gasteiger partial charge in [0.1, 0.15) is 0 Å². The van der Waals surface area contributed by atoms with E-state index >= 15 is 0 Å². The molecule has 5 nitrogen and oxygen atoms in total. The van der Waals surface area contributed by atoms with Gasteiger partial charge in [-0.2, -0.15) is 0 Å². The van der Waals surface area contributed by atoms with Gasteiger partial charge in [-0.05, 0) is 42.5 Å². The van der Waals surface area contributed by atoms with Crippen LogP contribution in [-0.2, 0) is 0 Å². The highest BCUT2D eigenvalue weighted by Gasteiger charge is 2.53. The number of pyridine rings is 1. The van der Waals surface area contributed by atoms with Gasteiger partial charge < -0.3 is 15.0 Å². The molecule has 1 aliphatic heterocycles. The van der Waals surface area contributed by atoms with Crippen LogP contribution in [0.3, 0.4) is 0 Å². The maximum Gasteiger partial charge on any atom is 0.321 e. The first-order valence-electron chi connectivity index (χ1n) is 7.18. The number of aromatic nitrogens is 1. The minimum Gasteiger partial charge on any atom is -0.481 e. The third-order valence-electron chi connectivity index (χ3n) is 4.47. The van der Waals surface area contributed by atoms with E-state index in [1.165, 1.54) is 12.8 Å². The van der Waals surface area contributed by atoms with Gasteiger partial charge in [0.15, 0.2) is 0 Å². The summed E-state index contributed by atoms with van der Waals surface area (Å²) in [5.41, 5.74) is 1.29. The van der Waals surface area contributed by atoms with E-state index in [0.29, 0.717) is 11.3 Å². The zero-order valence-electron chi connectivity index (χ0n) is 11.9. The van der Waals surface area contributed by atoms with Gasteiger partial charge in [-0.25, -0.2) is 9.78 Å². The molecule has 1 aromatic carbocycles. The van der Waals surface area contributed by atoms with Gasteiger partial charge in [-0.15, -0.1) is 0 Å². The molecule has 2 aromatic rings. The number of anilines is 1. The Bertz CT molecular complexity index is 717. The minimum absolute atomic E-state index is 0.00658. The van der Waals surface area contributed by atoms with Gasteiger partial charge in [0.05, 0.1) is 7.11 Å². The highest BCUT2D eigenvalue weighted by molar-refractivity contribution is 5.95. The van der Waals surface area contributed by atoms with E-state index in [2.05, 4.69) is 10.3 Å². The van der Waals surface area contributed by atoms with Crippen LogP contribution in [-0.4, -0.2) is 36.1 Å². The fraction of sp³-hybridized carbons (Fsp3) is 0.375. The zero-order valence-corrected chi connectivity index (χ0v) is 11.9. The molecule has 1 spiro atoms. The standard InChI is InChI=1S/C16H17N3O2/c1-21-14-13-3-2-12(8-11(13)4-7-17-14)18-15(20)19-9-16(10-19)5-6-16/h2-4,7-8H,5-6,9-10H2,1H3,(H,18,20). The Kier molecular flexibility index (Phi) is 2.58. The highest BCUT2D eigenvalue weighted by atomic mass is 16.5. The van der Waals surface area contributed by atoms with Crippen LogP contribution in [0.25, 0.3) is 10.8 Å². The van der Waals surface area contributed by atoms with Crippen molar-refractivity contribution in [3.63, 3.8) is 0 Å². The molecule has 2 aliphatic rings. The third-order valence-corrected chi connectivity index (χ3v) is 4.47. The molecule has 1 saturated carbocycles. The lowest BCUT2D eigenvalue weighted by Crippen LogP contribution is -2.53. The van der Waals surface area contributed by atoms with Gasteiger partial charge in [0, 0.05) is 35.8 Å². The Morgan fingerprint density at radius 2 is 2.14 bits per heavy atom. The predicted molar refractivity (Wildman–Crippen MR) is 80.6 cm³/mol. The fourth-order valence-corrected chi connectivity index (χ4v) is 2.99. The summed E-state index contributed by atoms with van der Waals surface area (Å²) < 4.78 is 5.24. The predicted octanol–water partition coefficient (Wildman–Crippen LogP) is 2.87. The lowest BCUT2D eigenvalue weighted by Gasteiger charge is -2.39. The molecule has 2 heterocycles. The number of hydrogen-bond acceptors (Lipinski definition) is 3. The monoisotopic (exact) mass is 283 g/mol. The number of nitrogens with one attached hydrogen (secondary N) is 1. The van der Waals surface area contributed by atoms with Crippen LogP contribution in [0.4, 0.5) is 10.5 Å². The van der Waals surface area contributed by atoms with Crippen molar-refractivity contribution in [2.45, 2.75) is 12.8 Å².